The molecule has 152 valence electrons. The Morgan fingerprint density at radius 2 is 1.93 bits per heavy atom. The van der Waals surface area contributed by atoms with Crippen molar-refractivity contribution in [2.24, 2.45) is 0 Å². The highest BCUT2D eigenvalue weighted by molar-refractivity contribution is 7.98. The highest BCUT2D eigenvalue weighted by Gasteiger charge is 2.23. The van der Waals surface area contributed by atoms with Gasteiger partial charge in [-0.3, -0.25) is 9.69 Å². The van der Waals surface area contributed by atoms with E-state index in [1.54, 1.807) is 11.8 Å². The first kappa shape index (κ1) is 21.2. The number of hydrogen-bond donors (Lipinski definition) is 1. The summed E-state index contributed by atoms with van der Waals surface area (Å²) in [4.78, 5) is 16.6. The van der Waals surface area contributed by atoms with E-state index in [1.165, 1.54) is 4.90 Å². The second-order valence-electron chi connectivity index (χ2n) is 8.12. The van der Waals surface area contributed by atoms with E-state index in [0.717, 1.165) is 48.6 Å². The van der Waals surface area contributed by atoms with Gasteiger partial charge in [-0.1, -0.05) is 19.9 Å². The molecule has 2 heterocycles. The van der Waals surface area contributed by atoms with E-state index in [1.807, 2.05) is 0 Å². The Labute approximate surface area is 173 Å². The van der Waals surface area contributed by atoms with Crippen LogP contribution in [-0.2, 0) is 0 Å². The second-order valence-corrected chi connectivity index (χ2v) is 9.00. The van der Waals surface area contributed by atoms with Crippen molar-refractivity contribution >= 4 is 17.5 Å². The summed E-state index contributed by atoms with van der Waals surface area (Å²) in [6, 6.07) is 11.7. The molecular weight excluding hydrogens is 366 g/mol. The average Bonchev–Trinajstić information content (AvgIpc) is 2.97. The minimum Gasteiger partial charge on any atom is -0.318 e. The zero-order valence-electron chi connectivity index (χ0n) is 17.8. The Hall–Kier alpha value is -1.56. The van der Waals surface area contributed by atoms with Gasteiger partial charge in [-0.2, -0.15) is 0 Å². The molecule has 1 N–H and O–H groups in total. The number of carbonyl (C=O) groups excluding carboxylic acids is 1. The number of likely N-dealkylation sites (tertiary alicyclic amines) is 1. The molecule has 1 aliphatic heterocycles. The maximum Gasteiger partial charge on any atom is 0.178 e. The van der Waals surface area contributed by atoms with Gasteiger partial charge in [0.1, 0.15) is 0 Å². The third kappa shape index (κ3) is 4.88. The van der Waals surface area contributed by atoms with E-state index >= 15 is 0 Å². The van der Waals surface area contributed by atoms with Gasteiger partial charge in [0.2, 0.25) is 0 Å². The highest BCUT2D eigenvalue weighted by atomic mass is 32.2. The Morgan fingerprint density at radius 1 is 1.21 bits per heavy atom. The smallest absolute Gasteiger partial charge is 0.178 e. The van der Waals surface area contributed by atoms with Crippen LogP contribution in [0.3, 0.4) is 0 Å². The summed E-state index contributed by atoms with van der Waals surface area (Å²) in [5.41, 5.74) is 4.13. The van der Waals surface area contributed by atoms with Crippen LogP contribution in [0, 0.1) is 13.8 Å². The number of ketones is 1. The summed E-state index contributed by atoms with van der Waals surface area (Å²) in [5, 5.41) is 3.62. The van der Waals surface area contributed by atoms with Gasteiger partial charge in [-0.05, 0) is 57.2 Å². The molecule has 5 heteroatoms. The summed E-state index contributed by atoms with van der Waals surface area (Å²) in [6.45, 7) is 11.0. The fourth-order valence-electron chi connectivity index (χ4n) is 4.21. The van der Waals surface area contributed by atoms with Crippen LogP contribution in [0.5, 0.6) is 0 Å². The first-order valence-corrected chi connectivity index (χ1v) is 11.5. The molecule has 0 atom stereocenters. The van der Waals surface area contributed by atoms with Crippen molar-refractivity contribution < 1.29 is 4.79 Å². The predicted molar refractivity (Wildman–Crippen MR) is 119 cm³/mol. The summed E-state index contributed by atoms with van der Waals surface area (Å²) in [6.07, 6.45) is 4.32. The molecule has 28 heavy (non-hydrogen) atoms. The molecule has 1 fully saturated rings. The van der Waals surface area contributed by atoms with Gasteiger partial charge in [0.05, 0.1) is 6.54 Å². The fourth-order valence-corrected chi connectivity index (χ4v) is 4.66. The van der Waals surface area contributed by atoms with Gasteiger partial charge in [0, 0.05) is 52.7 Å². The summed E-state index contributed by atoms with van der Waals surface area (Å²) < 4.78 is 2.20. The van der Waals surface area contributed by atoms with Crippen LogP contribution >= 0.6 is 11.8 Å². The van der Waals surface area contributed by atoms with Crippen molar-refractivity contribution in [3.8, 4) is 5.69 Å². The molecule has 1 aliphatic rings. The van der Waals surface area contributed by atoms with Crippen molar-refractivity contribution in [1.29, 1.82) is 0 Å². The lowest BCUT2D eigenvalue weighted by Crippen LogP contribution is -2.46. The Bertz CT molecular complexity index is 819. The lowest BCUT2D eigenvalue weighted by molar-refractivity contribution is 0.0902. The zero-order chi connectivity index (χ0) is 20.3. The third-order valence-corrected chi connectivity index (χ3v) is 6.29. The SMILES string of the molecule is CSc1cccc(-n2c(C)cc(C(=O)CN3CCC(NC(C)C)CC3)c2C)c1. The third-order valence-electron chi connectivity index (χ3n) is 5.57. The van der Waals surface area contributed by atoms with Crippen molar-refractivity contribution in [2.75, 3.05) is 25.9 Å². The average molecular weight is 400 g/mol. The number of thioether (sulfide) groups is 1. The van der Waals surface area contributed by atoms with Gasteiger partial charge in [-0.15, -0.1) is 11.8 Å². The van der Waals surface area contributed by atoms with E-state index in [0.29, 0.717) is 18.6 Å². The number of rotatable bonds is 7. The molecule has 2 aromatic rings. The van der Waals surface area contributed by atoms with Gasteiger partial charge in [0.25, 0.3) is 0 Å². The quantitative estimate of drug-likeness (QED) is 0.551. The van der Waals surface area contributed by atoms with E-state index in [2.05, 4.69) is 79.1 Å². The van der Waals surface area contributed by atoms with Gasteiger partial charge < -0.3 is 9.88 Å². The van der Waals surface area contributed by atoms with Crippen LogP contribution in [0.4, 0.5) is 0 Å². The topological polar surface area (TPSA) is 37.3 Å². The molecule has 1 aromatic heterocycles. The van der Waals surface area contributed by atoms with Crippen molar-refractivity contribution in [1.82, 2.24) is 14.8 Å². The maximum atomic E-state index is 13.0. The van der Waals surface area contributed by atoms with Crippen molar-refractivity contribution in [3.05, 3.63) is 47.3 Å². The number of aromatic nitrogens is 1. The number of nitrogens with zero attached hydrogens (tertiary/aromatic N) is 2. The molecule has 0 bridgehead atoms. The molecule has 0 spiro atoms. The number of aryl methyl sites for hydroxylation is 1. The minimum absolute atomic E-state index is 0.232. The molecule has 1 saturated heterocycles. The fraction of sp³-hybridized carbons (Fsp3) is 0.522. The number of nitrogens with one attached hydrogen (secondary N) is 1. The number of piperidine rings is 1. The van der Waals surface area contributed by atoms with E-state index in [9.17, 15) is 4.79 Å². The van der Waals surface area contributed by atoms with E-state index in [-0.39, 0.29) is 5.78 Å². The van der Waals surface area contributed by atoms with Crippen LogP contribution in [0.15, 0.2) is 35.2 Å². The Morgan fingerprint density at radius 3 is 2.57 bits per heavy atom. The number of carbonyl (C=O) groups is 1. The molecule has 3 rings (SSSR count). The predicted octanol–water partition coefficient (Wildman–Crippen LogP) is 4.46. The summed E-state index contributed by atoms with van der Waals surface area (Å²) in [5.74, 6) is 0.232. The number of hydrogen-bond acceptors (Lipinski definition) is 4. The first-order valence-electron chi connectivity index (χ1n) is 10.2. The van der Waals surface area contributed by atoms with Crippen molar-refractivity contribution in [3.63, 3.8) is 0 Å². The molecule has 0 radical (unpaired) electrons. The van der Waals surface area contributed by atoms with Crippen LogP contribution in [0.2, 0.25) is 0 Å². The van der Waals surface area contributed by atoms with Gasteiger partial charge >= 0.3 is 0 Å². The van der Waals surface area contributed by atoms with Gasteiger partial charge in [-0.25, -0.2) is 0 Å². The Balaban J connectivity index is 1.70. The van der Waals surface area contributed by atoms with Crippen LogP contribution < -0.4 is 5.32 Å². The normalized spacial score (nSPS) is 16.1. The van der Waals surface area contributed by atoms with Crippen LogP contribution in [0.25, 0.3) is 5.69 Å². The van der Waals surface area contributed by atoms with Crippen LogP contribution in [-0.4, -0.2) is 53.2 Å². The number of benzene rings is 1. The first-order chi connectivity index (χ1) is 13.4. The second kappa shape index (κ2) is 9.29. The van der Waals surface area contributed by atoms with Crippen molar-refractivity contribution in [2.45, 2.75) is 57.5 Å². The lowest BCUT2D eigenvalue weighted by atomic mass is 10.0. The monoisotopic (exact) mass is 399 g/mol. The van der Waals surface area contributed by atoms with E-state index < -0.39 is 0 Å². The summed E-state index contributed by atoms with van der Waals surface area (Å²) >= 11 is 1.74. The standard InChI is InChI=1S/C23H33N3OS/c1-16(2)24-19-9-11-25(12-10-19)15-23(27)22-13-17(3)26(18(22)4)20-7-6-8-21(14-20)28-5/h6-8,13-14,16,19,24H,9-12,15H2,1-5H3. The largest absolute Gasteiger partial charge is 0.318 e. The lowest BCUT2D eigenvalue weighted by Gasteiger charge is -2.33. The minimum atomic E-state index is 0.232. The zero-order valence-corrected chi connectivity index (χ0v) is 18.6. The molecule has 4 nitrogen and oxygen atoms in total. The van der Waals surface area contributed by atoms with E-state index in [4.69, 9.17) is 0 Å². The maximum absolute atomic E-state index is 13.0. The van der Waals surface area contributed by atoms with Crippen LogP contribution in [0.1, 0.15) is 48.4 Å². The molecular formula is C23H33N3OS. The summed E-state index contributed by atoms with van der Waals surface area (Å²) in [7, 11) is 0. The molecule has 0 amide bonds. The molecule has 0 saturated carbocycles. The van der Waals surface area contributed by atoms with Gasteiger partial charge in [0.15, 0.2) is 5.78 Å². The molecule has 1 aromatic carbocycles. The highest BCUT2D eigenvalue weighted by Crippen LogP contribution is 2.25. The number of Topliss-reactive ketones (excluding diaryl/α,β-unsaturated/α-hetero) is 1. The Kier molecular flexibility index (Phi) is 7.02. The molecule has 0 unspecified atom stereocenters. The molecule has 0 aliphatic carbocycles.